The molecule has 0 fully saturated rings. The number of benzene rings is 2. The molecule has 0 unspecified atom stereocenters. The highest BCUT2D eigenvalue weighted by Crippen LogP contribution is 2.23. The molecular weight excluding hydrogens is 356 g/mol. The normalized spacial score (nSPS) is 11.7. The number of rotatable bonds is 4. The van der Waals surface area contributed by atoms with Crippen LogP contribution in [-0.4, -0.2) is 13.0 Å². The summed E-state index contributed by atoms with van der Waals surface area (Å²) in [7, 11) is -3.91. The van der Waals surface area contributed by atoms with E-state index in [2.05, 4.69) is 9.14 Å². The molecule has 0 aliphatic rings. The number of hydrogen-bond donors (Lipinski definition) is 1. The first kappa shape index (κ1) is 17.9. The Hall–Kier alpha value is -2.87. The molecule has 1 aromatic heterocycles. The third kappa shape index (κ3) is 3.03. The van der Waals surface area contributed by atoms with E-state index in [0.717, 1.165) is 11.1 Å². The van der Waals surface area contributed by atoms with E-state index >= 15 is 0 Å². The quantitative estimate of drug-likeness (QED) is 0.756. The number of nitrogens with zero attached hydrogens (tertiary/aromatic N) is 1. The molecule has 0 spiro atoms. The molecule has 2 aromatic carbocycles. The summed E-state index contributed by atoms with van der Waals surface area (Å²) >= 11 is 0. The molecule has 0 bridgehead atoms. The second-order valence-corrected chi connectivity index (χ2v) is 7.61. The average molecular weight is 374 g/mol. The van der Waals surface area contributed by atoms with Crippen molar-refractivity contribution in [3.05, 3.63) is 68.5 Å². The second kappa shape index (κ2) is 6.45. The minimum Gasteiger partial charge on any atom is -0.372 e. The van der Waals surface area contributed by atoms with Crippen LogP contribution in [0.3, 0.4) is 0 Å². The highest BCUT2D eigenvalue weighted by atomic mass is 32.2. The topological polar surface area (TPSA) is 98.4 Å². The van der Waals surface area contributed by atoms with Gasteiger partial charge in [0, 0.05) is 6.54 Å². The number of aryl methyl sites for hydroxylation is 2. The van der Waals surface area contributed by atoms with E-state index in [1.807, 2.05) is 19.9 Å². The van der Waals surface area contributed by atoms with E-state index in [4.69, 9.17) is 0 Å². The SMILES string of the molecule is CCn1c(=O)oc(=O)c2cc(S(=O)(=O)Nc3cccc(C)c3C)ccc21. The van der Waals surface area contributed by atoms with E-state index in [0.29, 0.717) is 17.7 Å². The van der Waals surface area contributed by atoms with Crippen molar-refractivity contribution in [3.8, 4) is 0 Å². The van der Waals surface area contributed by atoms with Crippen LogP contribution in [0, 0.1) is 13.8 Å². The van der Waals surface area contributed by atoms with Crippen LogP contribution in [0.1, 0.15) is 18.1 Å². The summed E-state index contributed by atoms with van der Waals surface area (Å²) in [5, 5.41) is 0.0373. The average Bonchev–Trinajstić information content (AvgIpc) is 2.59. The Morgan fingerprint density at radius 3 is 2.54 bits per heavy atom. The van der Waals surface area contributed by atoms with Crippen LogP contribution in [-0.2, 0) is 16.6 Å². The molecule has 1 heterocycles. The zero-order chi connectivity index (χ0) is 19.1. The molecule has 0 saturated heterocycles. The molecule has 8 heteroatoms. The third-order valence-corrected chi connectivity index (χ3v) is 5.72. The molecule has 26 heavy (non-hydrogen) atoms. The standard InChI is InChI=1S/C18H18N2O5S/c1-4-20-16-9-8-13(10-14(16)17(21)25-18(20)22)26(23,24)19-15-7-5-6-11(2)12(15)3/h5-10,19H,4H2,1-3H3. The highest BCUT2D eigenvalue weighted by molar-refractivity contribution is 7.92. The summed E-state index contributed by atoms with van der Waals surface area (Å²) in [5.74, 6) is -0.769. The minimum absolute atomic E-state index is 0.0373. The van der Waals surface area contributed by atoms with Gasteiger partial charge >= 0.3 is 11.4 Å². The predicted octanol–water partition coefficient (Wildman–Crippen LogP) is 2.39. The van der Waals surface area contributed by atoms with Crippen molar-refractivity contribution < 1.29 is 12.8 Å². The molecular formula is C18H18N2O5S. The van der Waals surface area contributed by atoms with Crippen molar-refractivity contribution in [2.75, 3.05) is 4.72 Å². The Labute approximate surface area is 149 Å². The fourth-order valence-corrected chi connectivity index (χ4v) is 3.88. The first-order chi connectivity index (χ1) is 12.2. The fraction of sp³-hybridized carbons (Fsp3) is 0.222. The number of nitrogens with one attached hydrogen (secondary N) is 1. The van der Waals surface area contributed by atoms with Gasteiger partial charge in [0.15, 0.2) is 0 Å². The maximum absolute atomic E-state index is 12.7. The van der Waals surface area contributed by atoms with Crippen LogP contribution in [0.2, 0.25) is 0 Å². The highest BCUT2D eigenvalue weighted by Gasteiger charge is 2.18. The lowest BCUT2D eigenvalue weighted by Gasteiger charge is -2.13. The molecule has 0 aliphatic carbocycles. The van der Waals surface area contributed by atoms with Gasteiger partial charge in [-0.2, -0.15) is 0 Å². The fourth-order valence-electron chi connectivity index (χ4n) is 2.73. The van der Waals surface area contributed by atoms with Crippen molar-refractivity contribution >= 4 is 26.6 Å². The summed E-state index contributed by atoms with van der Waals surface area (Å²) in [6.45, 7) is 5.74. The Morgan fingerprint density at radius 1 is 1.12 bits per heavy atom. The number of hydrogen-bond acceptors (Lipinski definition) is 5. The second-order valence-electron chi connectivity index (χ2n) is 5.93. The van der Waals surface area contributed by atoms with Gasteiger partial charge in [-0.1, -0.05) is 12.1 Å². The summed E-state index contributed by atoms with van der Waals surface area (Å²) in [6.07, 6.45) is 0. The van der Waals surface area contributed by atoms with Gasteiger partial charge in [0.1, 0.15) is 0 Å². The molecule has 3 rings (SSSR count). The summed E-state index contributed by atoms with van der Waals surface area (Å²) in [4.78, 5) is 23.7. The first-order valence-electron chi connectivity index (χ1n) is 8.01. The van der Waals surface area contributed by atoms with E-state index in [-0.39, 0.29) is 10.3 Å². The predicted molar refractivity (Wildman–Crippen MR) is 99.1 cm³/mol. The van der Waals surface area contributed by atoms with Crippen LogP contribution < -0.4 is 16.1 Å². The largest absolute Gasteiger partial charge is 0.422 e. The third-order valence-electron chi connectivity index (χ3n) is 4.35. The van der Waals surface area contributed by atoms with Crippen LogP contribution in [0.25, 0.3) is 10.9 Å². The smallest absolute Gasteiger partial charge is 0.372 e. The van der Waals surface area contributed by atoms with Gasteiger partial charge in [-0.15, -0.1) is 0 Å². The summed E-state index contributed by atoms with van der Waals surface area (Å²) in [5.41, 5.74) is 1.71. The molecule has 1 N–H and O–H groups in total. The van der Waals surface area contributed by atoms with E-state index in [1.165, 1.54) is 22.8 Å². The van der Waals surface area contributed by atoms with Gasteiger partial charge in [-0.05, 0) is 56.2 Å². The summed E-state index contributed by atoms with van der Waals surface area (Å²) in [6, 6.07) is 9.34. The van der Waals surface area contributed by atoms with E-state index in [1.54, 1.807) is 19.1 Å². The lowest BCUT2D eigenvalue weighted by Crippen LogP contribution is -2.24. The number of aromatic nitrogens is 1. The number of fused-ring (bicyclic) bond motifs is 1. The van der Waals surface area contributed by atoms with Crippen LogP contribution in [0.4, 0.5) is 5.69 Å². The van der Waals surface area contributed by atoms with Crippen molar-refractivity contribution in [1.82, 2.24) is 4.57 Å². The van der Waals surface area contributed by atoms with Crippen molar-refractivity contribution in [1.29, 1.82) is 0 Å². The Bertz CT molecular complexity index is 1220. The van der Waals surface area contributed by atoms with Gasteiger partial charge in [0.05, 0.1) is 21.5 Å². The molecule has 0 aliphatic heterocycles. The summed E-state index contributed by atoms with van der Waals surface area (Å²) < 4.78 is 33.9. The Kier molecular flexibility index (Phi) is 4.45. The van der Waals surface area contributed by atoms with Gasteiger partial charge in [0.2, 0.25) is 0 Å². The van der Waals surface area contributed by atoms with Gasteiger partial charge in [-0.3, -0.25) is 9.29 Å². The molecule has 3 aromatic rings. The minimum atomic E-state index is -3.91. The van der Waals surface area contributed by atoms with Gasteiger partial charge in [0.25, 0.3) is 10.0 Å². The van der Waals surface area contributed by atoms with Crippen molar-refractivity contribution in [2.45, 2.75) is 32.2 Å². The maximum Gasteiger partial charge on any atom is 0.422 e. The zero-order valence-electron chi connectivity index (χ0n) is 14.6. The van der Waals surface area contributed by atoms with Gasteiger partial charge in [-0.25, -0.2) is 18.0 Å². The van der Waals surface area contributed by atoms with E-state index in [9.17, 15) is 18.0 Å². The van der Waals surface area contributed by atoms with Crippen LogP contribution >= 0.6 is 0 Å². The maximum atomic E-state index is 12.7. The van der Waals surface area contributed by atoms with Crippen molar-refractivity contribution in [3.63, 3.8) is 0 Å². The lowest BCUT2D eigenvalue weighted by atomic mass is 10.1. The van der Waals surface area contributed by atoms with Crippen LogP contribution in [0.15, 0.2) is 55.3 Å². The molecule has 136 valence electrons. The Morgan fingerprint density at radius 2 is 1.85 bits per heavy atom. The number of sulfonamides is 1. The van der Waals surface area contributed by atoms with E-state index < -0.39 is 21.4 Å². The zero-order valence-corrected chi connectivity index (χ0v) is 15.4. The van der Waals surface area contributed by atoms with Gasteiger partial charge < -0.3 is 4.42 Å². The van der Waals surface area contributed by atoms with Crippen LogP contribution in [0.5, 0.6) is 0 Å². The first-order valence-corrected chi connectivity index (χ1v) is 9.49. The Balaban J connectivity index is 2.14. The molecule has 0 amide bonds. The lowest BCUT2D eigenvalue weighted by molar-refractivity contribution is 0.421. The molecule has 0 atom stereocenters. The van der Waals surface area contributed by atoms with Crippen molar-refractivity contribution in [2.24, 2.45) is 0 Å². The number of anilines is 1. The monoisotopic (exact) mass is 374 g/mol. The molecule has 0 saturated carbocycles. The molecule has 0 radical (unpaired) electrons. The molecule has 7 nitrogen and oxygen atoms in total.